The minimum atomic E-state index is 0.555. The van der Waals surface area contributed by atoms with Crippen molar-refractivity contribution in [2.45, 2.75) is 39.5 Å². The first-order valence-corrected chi connectivity index (χ1v) is 6.57. The molecule has 1 heteroatoms. The third-order valence-electron chi connectivity index (χ3n) is 3.13. The second-order valence-corrected chi connectivity index (χ2v) is 4.79. The van der Waals surface area contributed by atoms with Gasteiger partial charge in [0.25, 0.3) is 0 Å². The molecular weight excluding hydrogens is 206 g/mol. The Bertz CT molecular complexity index is 355. The van der Waals surface area contributed by atoms with Gasteiger partial charge in [0, 0.05) is 12.5 Å². The highest BCUT2D eigenvalue weighted by molar-refractivity contribution is 5.33. The predicted molar refractivity (Wildman–Crippen MR) is 76.6 cm³/mol. The Morgan fingerprint density at radius 2 is 2.12 bits per heavy atom. The first kappa shape index (κ1) is 14.0. The zero-order chi connectivity index (χ0) is 12.7. The van der Waals surface area contributed by atoms with E-state index in [-0.39, 0.29) is 0 Å². The average molecular weight is 231 g/mol. The van der Waals surface area contributed by atoms with Gasteiger partial charge in [-0.2, -0.15) is 0 Å². The molecule has 0 bridgehead atoms. The lowest BCUT2D eigenvalue weighted by Gasteiger charge is -2.19. The molecule has 0 saturated carbocycles. The van der Waals surface area contributed by atoms with Crippen molar-refractivity contribution >= 4 is 0 Å². The summed E-state index contributed by atoms with van der Waals surface area (Å²) in [4.78, 5) is 0. The van der Waals surface area contributed by atoms with E-state index in [9.17, 15) is 0 Å². The molecule has 1 unspecified atom stereocenters. The highest BCUT2D eigenvalue weighted by atomic mass is 14.8. The van der Waals surface area contributed by atoms with Crippen LogP contribution in [0, 0.1) is 13.8 Å². The van der Waals surface area contributed by atoms with E-state index < -0.39 is 0 Å². The van der Waals surface area contributed by atoms with Crippen LogP contribution < -0.4 is 5.32 Å². The molecule has 1 rings (SSSR count). The van der Waals surface area contributed by atoms with E-state index in [1.54, 1.807) is 0 Å². The molecular formula is C16H25N. The Balaban J connectivity index is 2.77. The van der Waals surface area contributed by atoms with E-state index in [0.717, 1.165) is 19.5 Å². The zero-order valence-electron chi connectivity index (χ0n) is 11.4. The van der Waals surface area contributed by atoms with Gasteiger partial charge in [0.15, 0.2) is 0 Å². The van der Waals surface area contributed by atoms with Gasteiger partial charge in [-0.3, -0.25) is 0 Å². The van der Waals surface area contributed by atoms with E-state index in [1.165, 1.54) is 23.1 Å². The fourth-order valence-electron chi connectivity index (χ4n) is 2.26. The Morgan fingerprint density at radius 3 is 2.71 bits per heavy atom. The number of aryl methyl sites for hydroxylation is 2. The summed E-state index contributed by atoms with van der Waals surface area (Å²) < 4.78 is 0. The standard InChI is InChI=1S/C16H25N/c1-5-7-15(12-17-10-6-2)16-9-8-13(3)11-14(16)4/h5,8-9,11,15,17H,1,6-7,10,12H2,2-4H3. The van der Waals surface area contributed by atoms with Crippen LogP contribution in [0.1, 0.15) is 42.4 Å². The second-order valence-electron chi connectivity index (χ2n) is 4.79. The molecule has 0 fully saturated rings. The van der Waals surface area contributed by atoms with Gasteiger partial charge in [-0.05, 0) is 44.4 Å². The van der Waals surface area contributed by atoms with Crippen molar-refractivity contribution in [3.8, 4) is 0 Å². The maximum atomic E-state index is 3.87. The number of hydrogen-bond acceptors (Lipinski definition) is 1. The fraction of sp³-hybridized carbons (Fsp3) is 0.500. The van der Waals surface area contributed by atoms with E-state index in [2.05, 4.69) is 50.9 Å². The van der Waals surface area contributed by atoms with E-state index >= 15 is 0 Å². The maximum Gasteiger partial charge on any atom is 0.00232 e. The Kier molecular flexibility index (Phi) is 5.99. The van der Waals surface area contributed by atoms with Crippen LogP contribution in [-0.4, -0.2) is 13.1 Å². The highest BCUT2D eigenvalue weighted by Gasteiger charge is 2.11. The molecule has 1 nitrogen and oxygen atoms in total. The Morgan fingerprint density at radius 1 is 1.35 bits per heavy atom. The molecule has 0 aliphatic rings. The molecule has 0 amide bonds. The Labute approximate surface area is 106 Å². The van der Waals surface area contributed by atoms with Gasteiger partial charge < -0.3 is 5.32 Å². The quantitative estimate of drug-likeness (QED) is 0.553. The molecule has 1 aromatic rings. The van der Waals surface area contributed by atoms with Gasteiger partial charge in [-0.1, -0.05) is 36.8 Å². The molecule has 0 aliphatic carbocycles. The molecule has 0 saturated heterocycles. The molecule has 0 radical (unpaired) electrons. The molecule has 0 aromatic heterocycles. The SMILES string of the molecule is C=CCC(CNCCC)c1ccc(C)cc1C. The molecule has 17 heavy (non-hydrogen) atoms. The van der Waals surface area contributed by atoms with Crippen LogP contribution in [0.15, 0.2) is 30.9 Å². The Hall–Kier alpha value is -1.08. The summed E-state index contributed by atoms with van der Waals surface area (Å²) >= 11 is 0. The van der Waals surface area contributed by atoms with Crippen molar-refractivity contribution in [3.05, 3.63) is 47.5 Å². The van der Waals surface area contributed by atoms with Crippen molar-refractivity contribution in [3.63, 3.8) is 0 Å². The number of rotatable bonds is 7. The zero-order valence-corrected chi connectivity index (χ0v) is 11.4. The average Bonchev–Trinajstić information content (AvgIpc) is 2.28. The van der Waals surface area contributed by atoms with Crippen molar-refractivity contribution in [2.75, 3.05) is 13.1 Å². The lowest BCUT2D eigenvalue weighted by Crippen LogP contribution is -2.22. The summed E-state index contributed by atoms with van der Waals surface area (Å²) in [5, 5.41) is 3.51. The fourth-order valence-corrected chi connectivity index (χ4v) is 2.26. The molecule has 0 spiro atoms. The van der Waals surface area contributed by atoms with Gasteiger partial charge in [-0.15, -0.1) is 6.58 Å². The van der Waals surface area contributed by atoms with Crippen LogP contribution in [0.2, 0.25) is 0 Å². The summed E-state index contributed by atoms with van der Waals surface area (Å²) in [5.74, 6) is 0.555. The summed E-state index contributed by atoms with van der Waals surface area (Å²) in [6, 6.07) is 6.75. The van der Waals surface area contributed by atoms with Crippen molar-refractivity contribution < 1.29 is 0 Å². The van der Waals surface area contributed by atoms with Gasteiger partial charge in [-0.25, -0.2) is 0 Å². The molecule has 1 aromatic carbocycles. The number of nitrogens with one attached hydrogen (secondary N) is 1. The minimum absolute atomic E-state index is 0.555. The largest absolute Gasteiger partial charge is 0.316 e. The van der Waals surface area contributed by atoms with Crippen LogP contribution in [-0.2, 0) is 0 Å². The maximum absolute atomic E-state index is 3.87. The molecule has 0 aliphatic heterocycles. The van der Waals surface area contributed by atoms with E-state index in [1.807, 2.05) is 6.08 Å². The smallest absolute Gasteiger partial charge is 0.00232 e. The second kappa shape index (κ2) is 7.29. The minimum Gasteiger partial charge on any atom is -0.316 e. The topological polar surface area (TPSA) is 12.0 Å². The van der Waals surface area contributed by atoms with Gasteiger partial charge >= 0.3 is 0 Å². The van der Waals surface area contributed by atoms with Crippen LogP contribution in [0.4, 0.5) is 0 Å². The first-order valence-electron chi connectivity index (χ1n) is 6.57. The summed E-state index contributed by atoms with van der Waals surface area (Å²) in [6.45, 7) is 12.6. The van der Waals surface area contributed by atoms with E-state index in [4.69, 9.17) is 0 Å². The van der Waals surface area contributed by atoms with Crippen molar-refractivity contribution in [1.82, 2.24) is 5.32 Å². The van der Waals surface area contributed by atoms with Crippen LogP contribution >= 0.6 is 0 Å². The number of allylic oxidation sites excluding steroid dienone is 1. The lowest BCUT2D eigenvalue weighted by atomic mass is 9.91. The first-order chi connectivity index (χ1) is 8.19. The third-order valence-corrected chi connectivity index (χ3v) is 3.13. The van der Waals surface area contributed by atoms with Gasteiger partial charge in [0.05, 0.1) is 0 Å². The lowest BCUT2D eigenvalue weighted by molar-refractivity contribution is 0.581. The molecule has 1 atom stereocenters. The van der Waals surface area contributed by atoms with E-state index in [0.29, 0.717) is 5.92 Å². The predicted octanol–water partition coefficient (Wildman–Crippen LogP) is 3.96. The summed E-state index contributed by atoms with van der Waals surface area (Å²) in [6.07, 6.45) is 4.26. The van der Waals surface area contributed by atoms with Crippen molar-refractivity contribution in [2.24, 2.45) is 0 Å². The number of benzene rings is 1. The molecule has 0 heterocycles. The third kappa shape index (κ3) is 4.35. The van der Waals surface area contributed by atoms with Gasteiger partial charge in [0.2, 0.25) is 0 Å². The normalized spacial score (nSPS) is 12.4. The van der Waals surface area contributed by atoms with Crippen molar-refractivity contribution in [1.29, 1.82) is 0 Å². The van der Waals surface area contributed by atoms with Gasteiger partial charge in [0.1, 0.15) is 0 Å². The summed E-state index contributed by atoms with van der Waals surface area (Å²) in [5.41, 5.74) is 4.19. The highest BCUT2D eigenvalue weighted by Crippen LogP contribution is 2.23. The van der Waals surface area contributed by atoms with Crippen LogP contribution in [0.5, 0.6) is 0 Å². The summed E-state index contributed by atoms with van der Waals surface area (Å²) in [7, 11) is 0. The monoisotopic (exact) mass is 231 g/mol. The van der Waals surface area contributed by atoms with Crippen LogP contribution in [0.25, 0.3) is 0 Å². The van der Waals surface area contributed by atoms with Crippen LogP contribution in [0.3, 0.4) is 0 Å². The number of hydrogen-bond donors (Lipinski definition) is 1. The molecule has 1 N–H and O–H groups in total. The molecule has 94 valence electrons.